The summed E-state index contributed by atoms with van der Waals surface area (Å²) in [5, 5.41) is 8.93. The number of aliphatic imine (C=N–C) groups is 1. The molecule has 0 bridgehead atoms. The molecule has 0 aromatic heterocycles. The van der Waals surface area contributed by atoms with Gasteiger partial charge in [-0.15, -0.1) is 0 Å². The number of carbonyl (C=O) groups excluding carboxylic acids is 1. The van der Waals surface area contributed by atoms with Crippen molar-refractivity contribution in [3.8, 4) is 0 Å². The highest BCUT2D eigenvalue weighted by Crippen LogP contribution is 1.99. The minimum absolute atomic E-state index is 0.0295. The molecule has 0 saturated heterocycles. The van der Waals surface area contributed by atoms with E-state index in [2.05, 4.69) is 4.99 Å². The van der Waals surface area contributed by atoms with Crippen LogP contribution in [0, 0.1) is 0 Å². The number of aliphatic hydroxyl groups is 1. The van der Waals surface area contributed by atoms with Gasteiger partial charge >= 0.3 is 0 Å². The van der Waals surface area contributed by atoms with Gasteiger partial charge in [0.25, 0.3) is 0 Å². The van der Waals surface area contributed by atoms with Crippen molar-refractivity contribution in [2.45, 2.75) is 12.5 Å². The van der Waals surface area contributed by atoms with Crippen LogP contribution < -0.4 is 11.5 Å². The zero-order valence-corrected chi connectivity index (χ0v) is 7.98. The fourth-order valence-corrected chi connectivity index (χ4v) is 0.741. The van der Waals surface area contributed by atoms with Crippen LogP contribution in [0.2, 0.25) is 0 Å². The first kappa shape index (κ1) is 10.6. The minimum Gasteiger partial charge on any atom is -0.384 e. The molecule has 0 fully saturated rings. The summed E-state index contributed by atoms with van der Waals surface area (Å²) in [6.07, 6.45) is -0.696. The van der Waals surface area contributed by atoms with Crippen molar-refractivity contribution in [2.75, 3.05) is 6.54 Å². The first-order valence-corrected chi connectivity index (χ1v) is 4.04. The molecule has 0 aromatic carbocycles. The van der Waals surface area contributed by atoms with Gasteiger partial charge in [-0.1, -0.05) is 0 Å². The van der Waals surface area contributed by atoms with Crippen molar-refractivity contribution in [3.63, 3.8) is 0 Å². The van der Waals surface area contributed by atoms with Crippen molar-refractivity contribution in [1.82, 2.24) is 0 Å². The molecular weight excluding hydrogens is 261 g/mol. The molecule has 0 aromatic rings. The van der Waals surface area contributed by atoms with Crippen LogP contribution in [0.3, 0.4) is 0 Å². The molecule has 0 heterocycles. The Balaban J connectivity index is 3.55. The third-order valence-electron chi connectivity index (χ3n) is 0.959. The van der Waals surface area contributed by atoms with Crippen molar-refractivity contribution in [3.05, 3.63) is 0 Å². The average molecular weight is 271 g/mol. The molecule has 11 heavy (non-hydrogen) atoms. The Kier molecular flexibility index (Phi) is 5.12. The van der Waals surface area contributed by atoms with Gasteiger partial charge in [-0.05, 0) is 0 Å². The lowest BCUT2D eigenvalue weighted by atomic mass is 10.3. The van der Waals surface area contributed by atoms with Gasteiger partial charge in [-0.25, -0.2) is 0 Å². The highest BCUT2D eigenvalue weighted by Gasteiger charge is 2.09. The lowest BCUT2D eigenvalue weighted by Crippen LogP contribution is -2.24. The van der Waals surface area contributed by atoms with Crippen LogP contribution in [0.1, 0.15) is 6.42 Å². The van der Waals surface area contributed by atoms with Crippen molar-refractivity contribution < 1.29 is 9.90 Å². The molecule has 0 aliphatic carbocycles. The molecule has 6 heteroatoms. The van der Waals surface area contributed by atoms with E-state index in [0.29, 0.717) is 0 Å². The quantitative estimate of drug-likeness (QED) is 0.263. The van der Waals surface area contributed by atoms with Crippen LogP contribution in [-0.4, -0.2) is 27.5 Å². The first-order valence-electron chi connectivity index (χ1n) is 2.97. The summed E-state index contributed by atoms with van der Waals surface area (Å²) in [4.78, 5) is 14.0. The van der Waals surface area contributed by atoms with Gasteiger partial charge in [0.1, 0.15) is 6.10 Å². The zero-order valence-electron chi connectivity index (χ0n) is 5.83. The Morgan fingerprint density at radius 2 is 2.18 bits per heavy atom. The third-order valence-corrected chi connectivity index (χ3v) is 1.68. The monoisotopic (exact) mass is 271 g/mol. The highest BCUT2D eigenvalue weighted by molar-refractivity contribution is 14.1. The third kappa shape index (κ3) is 6.05. The topological polar surface area (TPSA) is 102 Å². The molecule has 64 valence electrons. The summed E-state index contributed by atoms with van der Waals surface area (Å²) in [6.45, 7) is 0.276. The van der Waals surface area contributed by atoms with Crippen LogP contribution in [-0.2, 0) is 4.79 Å². The van der Waals surface area contributed by atoms with Gasteiger partial charge in [-0.2, -0.15) is 0 Å². The van der Waals surface area contributed by atoms with Crippen LogP contribution in [0.15, 0.2) is 4.99 Å². The second-order valence-electron chi connectivity index (χ2n) is 1.92. The fraction of sp³-hybridized carbons (Fsp3) is 0.600. The maximum atomic E-state index is 10.4. The van der Waals surface area contributed by atoms with E-state index in [1.165, 1.54) is 22.6 Å². The number of nitrogens with zero attached hydrogens (tertiary/aromatic N) is 1. The summed E-state index contributed by atoms with van der Waals surface area (Å²) < 4.78 is -0.298. The second kappa shape index (κ2) is 5.30. The number of guanidine groups is 1. The summed E-state index contributed by atoms with van der Waals surface area (Å²) in [6, 6.07) is 0. The largest absolute Gasteiger partial charge is 0.384 e. The highest BCUT2D eigenvalue weighted by atomic mass is 127. The van der Waals surface area contributed by atoms with E-state index in [0.717, 1.165) is 0 Å². The Morgan fingerprint density at radius 1 is 1.64 bits per heavy atom. The normalized spacial score (nSPS) is 12.2. The lowest BCUT2D eigenvalue weighted by Gasteiger charge is -2.01. The molecule has 0 saturated carbocycles. The number of rotatable bonds is 4. The average Bonchev–Trinajstić information content (AvgIpc) is 1.86. The summed E-state index contributed by atoms with van der Waals surface area (Å²) >= 11 is 1.53. The van der Waals surface area contributed by atoms with Crippen LogP contribution in [0.4, 0.5) is 0 Å². The molecule has 0 radical (unpaired) electrons. The Hall–Kier alpha value is -0.370. The lowest BCUT2D eigenvalue weighted by molar-refractivity contribution is -0.116. The van der Waals surface area contributed by atoms with Gasteiger partial charge in [-0.3, -0.25) is 9.79 Å². The second-order valence-corrected chi connectivity index (χ2v) is 2.98. The van der Waals surface area contributed by atoms with E-state index in [-0.39, 0.29) is 22.7 Å². The van der Waals surface area contributed by atoms with Crippen molar-refractivity contribution in [2.24, 2.45) is 16.5 Å². The van der Waals surface area contributed by atoms with E-state index in [1.54, 1.807) is 0 Å². The number of aliphatic hydroxyl groups excluding tert-OH is 1. The fourth-order valence-electron chi connectivity index (χ4n) is 0.429. The standard InChI is InChI=1S/C5H10IN3O2/c6-4(11)3(10)1-2-9-5(7)8/h3,10H,1-2H2,(H4,7,8,9)/t3-/m0/s1. The molecule has 0 aliphatic rings. The van der Waals surface area contributed by atoms with Crippen molar-refractivity contribution in [1.29, 1.82) is 0 Å². The molecule has 0 unspecified atom stereocenters. The molecule has 5 N–H and O–H groups in total. The Bertz CT molecular complexity index is 167. The predicted molar refractivity (Wildman–Crippen MR) is 50.3 cm³/mol. The molecule has 0 spiro atoms. The SMILES string of the molecule is NC(N)=NCC[C@H](O)C(=O)I. The summed E-state index contributed by atoms with van der Waals surface area (Å²) in [7, 11) is 0. The van der Waals surface area contributed by atoms with Crippen LogP contribution >= 0.6 is 22.6 Å². The molecule has 1 atom stereocenters. The maximum absolute atomic E-state index is 10.4. The summed E-state index contributed by atoms with van der Waals surface area (Å²) in [5.41, 5.74) is 10.0. The number of halogens is 1. The number of hydrogen-bond donors (Lipinski definition) is 3. The van der Waals surface area contributed by atoms with Gasteiger partial charge in [0.2, 0.25) is 3.79 Å². The van der Waals surface area contributed by atoms with Gasteiger partial charge in [0.05, 0.1) is 0 Å². The molecule has 0 amide bonds. The van der Waals surface area contributed by atoms with Gasteiger partial charge < -0.3 is 16.6 Å². The van der Waals surface area contributed by atoms with Gasteiger partial charge in [0, 0.05) is 35.6 Å². The van der Waals surface area contributed by atoms with Crippen molar-refractivity contribution >= 4 is 32.3 Å². The summed E-state index contributed by atoms with van der Waals surface area (Å²) in [5.74, 6) is -0.0295. The van der Waals surface area contributed by atoms with E-state index < -0.39 is 6.10 Å². The molecule has 0 aliphatic heterocycles. The number of hydrogen-bond acceptors (Lipinski definition) is 3. The van der Waals surface area contributed by atoms with E-state index in [9.17, 15) is 4.79 Å². The number of carbonyl (C=O) groups is 1. The number of nitrogens with two attached hydrogens (primary N) is 2. The van der Waals surface area contributed by atoms with Crippen LogP contribution in [0.5, 0.6) is 0 Å². The minimum atomic E-state index is -0.960. The molecular formula is C5H10IN3O2. The first-order chi connectivity index (χ1) is 5.04. The zero-order chi connectivity index (χ0) is 8.85. The van der Waals surface area contributed by atoms with Gasteiger partial charge in [0.15, 0.2) is 5.96 Å². The van der Waals surface area contributed by atoms with E-state index in [4.69, 9.17) is 16.6 Å². The van der Waals surface area contributed by atoms with E-state index in [1.807, 2.05) is 0 Å². The van der Waals surface area contributed by atoms with E-state index >= 15 is 0 Å². The smallest absolute Gasteiger partial charge is 0.220 e. The Morgan fingerprint density at radius 3 is 2.55 bits per heavy atom. The van der Waals surface area contributed by atoms with Crippen LogP contribution in [0.25, 0.3) is 0 Å². The predicted octanol–water partition coefficient (Wildman–Crippen LogP) is -1.03. The molecule has 0 rings (SSSR count). The Labute approximate surface area is 78.0 Å². The maximum Gasteiger partial charge on any atom is 0.220 e. The molecule has 5 nitrogen and oxygen atoms in total.